The minimum absolute atomic E-state index is 0.448. The third kappa shape index (κ3) is 8.56. The minimum Gasteiger partial charge on any atom is -0.506 e. The van der Waals surface area contributed by atoms with Crippen molar-refractivity contribution in [2.75, 3.05) is 13.2 Å². The summed E-state index contributed by atoms with van der Waals surface area (Å²) in [5.74, 6) is 0.292. The van der Waals surface area contributed by atoms with Gasteiger partial charge in [0.2, 0.25) is 0 Å². The summed E-state index contributed by atoms with van der Waals surface area (Å²) in [6.07, 6.45) is 6.29. The fraction of sp³-hybridized carbons (Fsp3) is 0.524. The minimum atomic E-state index is -4.37. The molecule has 0 saturated carbocycles. The third-order valence-corrected chi connectivity index (χ3v) is 5.30. The number of aromatic hydroxyl groups is 1. The van der Waals surface area contributed by atoms with Crippen molar-refractivity contribution in [2.24, 2.45) is 5.92 Å². The van der Waals surface area contributed by atoms with Crippen LogP contribution < -0.4 is 5.48 Å². The number of phenolic OH excluding ortho intramolecular Hbond substituents is 1. The molecule has 0 aliphatic rings. The number of rotatable bonds is 10. The molecule has 0 aromatic heterocycles. The second-order valence-electron chi connectivity index (χ2n) is 6.76. The predicted octanol–water partition coefficient (Wildman–Crippen LogP) is 4.93. The number of hydrogen-bond acceptors (Lipinski definition) is 5. The van der Waals surface area contributed by atoms with E-state index in [9.17, 15) is 13.5 Å². The molecule has 1 unspecified atom stereocenters. The highest BCUT2D eigenvalue weighted by Crippen LogP contribution is 2.28. The Hall–Kier alpha value is -1.67. The summed E-state index contributed by atoms with van der Waals surface area (Å²) >= 11 is 0. The van der Waals surface area contributed by atoms with Crippen LogP contribution in [0.2, 0.25) is 0 Å². The lowest BCUT2D eigenvalue weighted by Crippen LogP contribution is -2.20. The first-order valence-electron chi connectivity index (χ1n) is 9.87. The van der Waals surface area contributed by atoms with Crippen molar-refractivity contribution in [3.8, 4) is 5.75 Å². The summed E-state index contributed by atoms with van der Waals surface area (Å²) in [7, 11) is -4.37. The Morgan fingerprint density at radius 1 is 1.07 bits per heavy atom. The highest BCUT2D eigenvalue weighted by molar-refractivity contribution is 7.86. The Kier molecular flexibility index (Phi) is 11.1. The Morgan fingerprint density at radius 3 is 2.25 bits per heavy atom. The zero-order chi connectivity index (χ0) is 21.0. The average Bonchev–Trinajstić information content (AvgIpc) is 2.66. The molecular weight excluding hydrogens is 378 g/mol. The van der Waals surface area contributed by atoms with Gasteiger partial charge in [0.25, 0.3) is 10.1 Å². The molecule has 0 fully saturated rings. The smallest absolute Gasteiger partial charge is 0.298 e. The fourth-order valence-corrected chi connectivity index (χ4v) is 3.26. The van der Waals surface area contributed by atoms with Gasteiger partial charge in [-0.05, 0) is 41.7 Å². The van der Waals surface area contributed by atoms with Crippen molar-refractivity contribution in [3.63, 3.8) is 0 Å². The molecule has 7 heteroatoms. The lowest BCUT2D eigenvalue weighted by Gasteiger charge is -2.14. The number of nitrogens with one attached hydrogen (secondary N) is 1. The first-order valence-corrected chi connectivity index (χ1v) is 11.3. The van der Waals surface area contributed by atoms with Crippen LogP contribution in [-0.2, 0) is 15.0 Å². The second-order valence-corrected chi connectivity index (χ2v) is 8.15. The standard InChI is InChI=1S/C11H25NO.C10H8O4S/c1-4-7-8-11(6-3)10-13-12-9-5-2;11-9-5-7-3-1-2-4-8(7)6-10(9)15(12,13)14/h11-12H,4-10H2,1-3H3;1-6,11H,(H,12,13,14). The molecule has 0 bridgehead atoms. The van der Waals surface area contributed by atoms with E-state index in [-0.39, 0.29) is 0 Å². The Labute approximate surface area is 168 Å². The van der Waals surface area contributed by atoms with Crippen LogP contribution in [0.3, 0.4) is 0 Å². The number of unbranched alkanes of at least 4 members (excludes halogenated alkanes) is 1. The highest BCUT2D eigenvalue weighted by Gasteiger charge is 2.15. The zero-order valence-corrected chi connectivity index (χ0v) is 17.8. The summed E-state index contributed by atoms with van der Waals surface area (Å²) in [5.41, 5.74) is 2.98. The Balaban J connectivity index is 0.000000284. The van der Waals surface area contributed by atoms with Crippen LogP contribution in [0.25, 0.3) is 10.8 Å². The van der Waals surface area contributed by atoms with E-state index in [4.69, 9.17) is 9.39 Å². The van der Waals surface area contributed by atoms with Crippen molar-refractivity contribution >= 4 is 20.9 Å². The normalized spacial score (nSPS) is 12.4. The monoisotopic (exact) mass is 411 g/mol. The molecule has 0 spiro atoms. The van der Waals surface area contributed by atoms with Gasteiger partial charge in [0, 0.05) is 6.54 Å². The summed E-state index contributed by atoms with van der Waals surface area (Å²) < 4.78 is 30.6. The Morgan fingerprint density at radius 2 is 1.71 bits per heavy atom. The molecule has 0 aliphatic carbocycles. The van der Waals surface area contributed by atoms with Crippen molar-refractivity contribution in [3.05, 3.63) is 36.4 Å². The van der Waals surface area contributed by atoms with Crippen LogP contribution in [0.5, 0.6) is 5.75 Å². The van der Waals surface area contributed by atoms with Gasteiger partial charge in [0.1, 0.15) is 10.6 Å². The van der Waals surface area contributed by atoms with Crippen LogP contribution in [-0.4, -0.2) is 31.2 Å². The topological polar surface area (TPSA) is 95.9 Å². The summed E-state index contributed by atoms with van der Waals surface area (Å²) in [4.78, 5) is 4.90. The summed E-state index contributed by atoms with van der Waals surface area (Å²) in [6, 6.07) is 9.49. The van der Waals surface area contributed by atoms with E-state index in [1.54, 1.807) is 24.3 Å². The highest BCUT2D eigenvalue weighted by atomic mass is 32.2. The van der Waals surface area contributed by atoms with E-state index >= 15 is 0 Å². The van der Waals surface area contributed by atoms with Crippen LogP contribution in [0, 0.1) is 5.92 Å². The summed E-state index contributed by atoms with van der Waals surface area (Å²) in [6.45, 7) is 8.46. The molecule has 2 aromatic carbocycles. The molecule has 0 heterocycles. The predicted molar refractivity (Wildman–Crippen MR) is 113 cm³/mol. The lowest BCUT2D eigenvalue weighted by atomic mass is 10.0. The van der Waals surface area contributed by atoms with E-state index in [0.29, 0.717) is 10.8 Å². The molecule has 1 atom stereocenters. The van der Waals surface area contributed by atoms with Crippen molar-refractivity contribution < 1.29 is 22.9 Å². The first kappa shape index (κ1) is 24.4. The van der Waals surface area contributed by atoms with E-state index < -0.39 is 20.8 Å². The Bertz CT molecular complexity index is 808. The maximum Gasteiger partial charge on any atom is 0.298 e. The van der Waals surface area contributed by atoms with E-state index in [1.165, 1.54) is 37.8 Å². The molecule has 0 amide bonds. The fourth-order valence-electron chi connectivity index (χ4n) is 2.66. The largest absolute Gasteiger partial charge is 0.506 e. The number of hydrogen-bond donors (Lipinski definition) is 3. The van der Waals surface area contributed by atoms with Crippen LogP contribution in [0.1, 0.15) is 52.9 Å². The van der Waals surface area contributed by atoms with Gasteiger partial charge in [-0.25, -0.2) is 5.48 Å². The molecule has 2 rings (SSSR count). The average molecular weight is 412 g/mol. The van der Waals surface area contributed by atoms with Crippen molar-refractivity contribution in [1.29, 1.82) is 0 Å². The molecule has 0 aliphatic heterocycles. The van der Waals surface area contributed by atoms with Gasteiger partial charge in [-0.3, -0.25) is 4.55 Å². The number of phenols is 1. The van der Waals surface area contributed by atoms with E-state index in [1.807, 2.05) is 0 Å². The molecule has 6 nitrogen and oxygen atoms in total. The SMILES string of the molecule is CCCCC(CC)CONCCC.O=S(=O)(O)c1cc2ccccc2cc1O. The second kappa shape index (κ2) is 12.7. The van der Waals surface area contributed by atoms with Gasteiger partial charge in [-0.1, -0.05) is 64.3 Å². The van der Waals surface area contributed by atoms with Gasteiger partial charge in [0.15, 0.2) is 0 Å². The maximum absolute atomic E-state index is 10.9. The lowest BCUT2D eigenvalue weighted by molar-refractivity contribution is 0.0142. The van der Waals surface area contributed by atoms with Crippen molar-refractivity contribution in [2.45, 2.75) is 57.8 Å². The summed E-state index contributed by atoms with van der Waals surface area (Å²) in [5, 5.41) is 10.8. The first-order chi connectivity index (χ1) is 13.3. The van der Waals surface area contributed by atoms with Crippen molar-refractivity contribution in [1.82, 2.24) is 5.48 Å². The zero-order valence-electron chi connectivity index (χ0n) is 17.0. The van der Waals surface area contributed by atoms with E-state index in [2.05, 4.69) is 26.3 Å². The quantitative estimate of drug-likeness (QED) is 0.292. The maximum atomic E-state index is 10.9. The number of hydroxylamine groups is 1. The van der Waals surface area contributed by atoms with Gasteiger partial charge in [0.05, 0.1) is 6.61 Å². The molecule has 3 N–H and O–H groups in total. The van der Waals surface area contributed by atoms with Crippen LogP contribution in [0.15, 0.2) is 41.3 Å². The van der Waals surface area contributed by atoms with Crippen LogP contribution >= 0.6 is 0 Å². The van der Waals surface area contributed by atoms with Gasteiger partial charge in [-0.15, -0.1) is 0 Å². The molecule has 0 saturated heterocycles. The number of benzene rings is 2. The molecule has 0 radical (unpaired) electrons. The molecular formula is C21H33NO5S. The number of fused-ring (bicyclic) bond motifs is 1. The third-order valence-electron chi connectivity index (χ3n) is 4.42. The molecule has 2 aromatic rings. The van der Waals surface area contributed by atoms with E-state index in [0.717, 1.165) is 25.5 Å². The van der Waals surface area contributed by atoms with Gasteiger partial charge in [-0.2, -0.15) is 8.42 Å². The van der Waals surface area contributed by atoms with Crippen LogP contribution in [0.4, 0.5) is 0 Å². The molecule has 158 valence electrons. The van der Waals surface area contributed by atoms with Gasteiger partial charge >= 0.3 is 0 Å². The molecule has 28 heavy (non-hydrogen) atoms. The van der Waals surface area contributed by atoms with Gasteiger partial charge < -0.3 is 9.94 Å².